The highest BCUT2D eigenvalue weighted by Crippen LogP contribution is 2.07. The predicted octanol–water partition coefficient (Wildman–Crippen LogP) is 1.59. The Bertz CT molecular complexity index is 625. The Labute approximate surface area is 137 Å². The molecule has 1 unspecified atom stereocenters. The molecule has 0 aliphatic rings. The van der Waals surface area contributed by atoms with Crippen LogP contribution in [0, 0.1) is 11.8 Å². The minimum absolute atomic E-state index is 0.105. The van der Waals surface area contributed by atoms with Crippen molar-refractivity contribution in [3.05, 3.63) is 29.8 Å². The van der Waals surface area contributed by atoms with E-state index in [1.54, 1.807) is 45.0 Å². The lowest BCUT2D eigenvalue weighted by molar-refractivity contribution is -0.137. The summed E-state index contributed by atoms with van der Waals surface area (Å²) in [5, 5.41) is 11.4. The lowest BCUT2D eigenvalue weighted by Gasteiger charge is -2.21. The maximum Gasteiger partial charge on any atom is 0.408 e. The number of carboxylic acid groups (broad SMARTS) is 1. The second-order valence-electron chi connectivity index (χ2n) is 6.03. The topological polar surface area (TPSA) is 75.6 Å². The number of carbonyl (C=O) groups is 2. The van der Waals surface area contributed by atoms with E-state index in [1.807, 2.05) is 0 Å². The monoisotopic (exact) mass is 313 g/mol. The van der Waals surface area contributed by atoms with Crippen LogP contribution in [-0.2, 0) is 9.53 Å². The molecule has 0 aromatic heterocycles. The van der Waals surface area contributed by atoms with E-state index in [0.717, 1.165) is 0 Å². The van der Waals surface area contributed by atoms with Crippen LogP contribution in [0.2, 0.25) is 0 Å². The second-order valence-corrected chi connectivity index (χ2v) is 6.03. The van der Waals surface area contributed by atoms with Crippen molar-refractivity contribution in [3.8, 4) is 11.8 Å². The zero-order valence-corrected chi connectivity index (χ0v) is 13.6. The average Bonchev–Trinajstić information content (AvgIpc) is 2.39. The number of amides is 1. The van der Waals surface area contributed by atoms with Gasteiger partial charge in [-0.25, -0.2) is 4.79 Å². The highest BCUT2D eigenvalue weighted by molar-refractivity contribution is 6.32. The lowest BCUT2D eigenvalue weighted by Crippen LogP contribution is -2.38. The molecule has 0 heterocycles. The summed E-state index contributed by atoms with van der Waals surface area (Å²) < 4.78 is 5.16. The van der Waals surface area contributed by atoms with E-state index in [4.69, 9.17) is 17.7 Å². The Kier molecular flexibility index (Phi) is 6.71. The molecule has 0 saturated carbocycles. The van der Waals surface area contributed by atoms with Crippen LogP contribution >= 0.6 is 0 Å². The summed E-state index contributed by atoms with van der Waals surface area (Å²) in [5.41, 5.74) is 0.637. The highest BCUT2D eigenvalue weighted by Gasteiger charge is 2.19. The smallest absolute Gasteiger partial charge is 0.408 e. The molecule has 0 aliphatic heterocycles. The van der Waals surface area contributed by atoms with Gasteiger partial charge in [-0.1, -0.05) is 35.5 Å². The second kappa shape index (κ2) is 8.28. The molecule has 120 valence electrons. The van der Waals surface area contributed by atoms with Gasteiger partial charge in [0.15, 0.2) is 0 Å². The van der Waals surface area contributed by atoms with Gasteiger partial charge in [0, 0.05) is 12.0 Å². The van der Waals surface area contributed by atoms with Crippen LogP contribution in [0.15, 0.2) is 24.3 Å². The molecule has 0 aliphatic carbocycles. The molecule has 2 N–H and O–H groups in total. The quantitative estimate of drug-likeness (QED) is 0.654. The first-order valence-corrected chi connectivity index (χ1v) is 7.24. The first-order valence-electron chi connectivity index (χ1n) is 7.24. The third kappa shape index (κ3) is 8.57. The molecule has 1 aromatic carbocycles. The molecule has 0 fully saturated rings. The molecular formula is C17H20BNO4. The van der Waals surface area contributed by atoms with Gasteiger partial charge in [-0.15, -0.1) is 0 Å². The number of carboxylic acids is 1. The number of ether oxygens (including phenoxy) is 1. The van der Waals surface area contributed by atoms with E-state index in [0.29, 0.717) is 11.0 Å². The van der Waals surface area contributed by atoms with Gasteiger partial charge in [-0.05, 0) is 33.3 Å². The summed E-state index contributed by atoms with van der Waals surface area (Å²) in [6.45, 7) is 5.24. The van der Waals surface area contributed by atoms with E-state index >= 15 is 0 Å². The molecule has 2 radical (unpaired) electrons. The molecule has 0 spiro atoms. The molecular weight excluding hydrogens is 293 g/mol. The van der Waals surface area contributed by atoms with E-state index in [1.165, 1.54) is 0 Å². The SMILES string of the molecule is [B]c1cccc(C#CC(CCC(=O)O)NC(=O)OC(C)(C)C)c1. The summed E-state index contributed by atoms with van der Waals surface area (Å²) in [5.74, 6) is 4.79. The molecule has 1 atom stereocenters. The van der Waals surface area contributed by atoms with Crippen molar-refractivity contribution in [1.82, 2.24) is 5.32 Å². The minimum atomic E-state index is -0.952. The van der Waals surface area contributed by atoms with E-state index in [-0.39, 0.29) is 12.8 Å². The van der Waals surface area contributed by atoms with Crippen molar-refractivity contribution in [3.63, 3.8) is 0 Å². The number of benzene rings is 1. The largest absolute Gasteiger partial charge is 0.481 e. The van der Waals surface area contributed by atoms with Crippen LogP contribution in [0.3, 0.4) is 0 Å². The molecule has 5 nitrogen and oxygen atoms in total. The summed E-state index contributed by atoms with van der Waals surface area (Å²) in [6.07, 6.45) is -0.551. The first kappa shape index (κ1) is 18.6. The van der Waals surface area contributed by atoms with Crippen molar-refractivity contribution in [2.24, 2.45) is 0 Å². The Morgan fingerprint density at radius 1 is 1.39 bits per heavy atom. The number of nitrogens with one attached hydrogen (secondary N) is 1. The molecule has 1 amide bonds. The van der Waals surface area contributed by atoms with E-state index < -0.39 is 23.7 Å². The fourth-order valence-electron chi connectivity index (χ4n) is 1.68. The molecule has 1 rings (SSSR count). The number of alkyl carbamates (subject to hydrolysis) is 1. The van der Waals surface area contributed by atoms with Gasteiger partial charge in [0.05, 0.1) is 6.04 Å². The first-order chi connectivity index (χ1) is 10.7. The van der Waals surface area contributed by atoms with Crippen LogP contribution in [-0.4, -0.2) is 36.7 Å². The zero-order valence-electron chi connectivity index (χ0n) is 13.6. The van der Waals surface area contributed by atoms with Gasteiger partial charge in [-0.2, -0.15) is 0 Å². The van der Waals surface area contributed by atoms with Crippen LogP contribution < -0.4 is 10.8 Å². The fraction of sp³-hybridized carbons (Fsp3) is 0.412. The lowest BCUT2D eigenvalue weighted by atomic mass is 9.94. The van der Waals surface area contributed by atoms with Crippen molar-refractivity contribution in [1.29, 1.82) is 0 Å². The van der Waals surface area contributed by atoms with Crippen LogP contribution in [0.4, 0.5) is 4.79 Å². The minimum Gasteiger partial charge on any atom is -0.481 e. The summed E-state index contributed by atoms with van der Waals surface area (Å²) in [7, 11) is 5.68. The number of carbonyl (C=O) groups excluding carboxylic acids is 1. The normalized spacial score (nSPS) is 11.8. The molecule has 0 saturated heterocycles. The van der Waals surface area contributed by atoms with Crippen LogP contribution in [0.5, 0.6) is 0 Å². The molecule has 0 bridgehead atoms. The average molecular weight is 313 g/mol. The summed E-state index contributed by atoms with van der Waals surface area (Å²) in [6, 6.07) is 6.38. The standard InChI is InChI=1S/C17H20BNO4/c1-17(2,3)23-16(22)19-14(9-10-15(20)21)8-7-12-5-4-6-13(18)11-12/h4-6,11,14H,9-10H2,1-3H3,(H,19,22)(H,20,21). The van der Waals surface area contributed by atoms with Crippen LogP contribution in [0.25, 0.3) is 0 Å². The summed E-state index contributed by atoms with van der Waals surface area (Å²) in [4.78, 5) is 22.5. The van der Waals surface area contributed by atoms with Gasteiger partial charge < -0.3 is 15.2 Å². The van der Waals surface area contributed by atoms with Gasteiger partial charge in [0.2, 0.25) is 0 Å². The Morgan fingerprint density at radius 2 is 2.09 bits per heavy atom. The van der Waals surface area contributed by atoms with Gasteiger partial charge in [0.1, 0.15) is 13.4 Å². The third-order valence-electron chi connectivity index (χ3n) is 2.62. The number of rotatable bonds is 4. The maximum atomic E-state index is 11.8. The van der Waals surface area contributed by atoms with E-state index in [2.05, 4.69) is 17.2 Å². The van der Waals surface area contributed by atoms with Crippen molar-refractivity contribution < 1.29 is 19.4 Å². The van der Waals surface area contributed by atoms with Gasteiger partial charge in [-0.3, -0.25) is 4.79 Å². The maximum absolute atomic E-state index is 11.8. The zero-order chi connectivity index (χ0) is 17.5. The summed E-state index contributed by atoms with van der Waals surface area (Å²) >= 11 is 0. The number of hydrogen-bond acceptors (Lipinski definition) is 3. The highest BCUT2D eigenvalue weighted by atomic mass is 16.6. The molecule has 6 heteroatoms. The molecule has 23 heavy (non-hydrogen) atoms. The molecule has 1 aromatic rings. The van der Waals surface area contributed by atoms with Gasteiger partial charge in [0.25, 0.3) is 0 Å². The van der Waals surface area contributed by atoms with E-state index in [9.17, 15) is 9.59 Å². The van der Waals surface area contributed by atoms with Crippen molar-refractivity contribution >= 4 is 25.4 Å². The van der Waals surface area contributed by atoms with Crippen LogP contribution in [0.1, 0.15) is 39.2 Å². The Morgan fingerprint density at radius 3 is 2.65 bits per heavy atom. The third-order valence-corrected chi connectivity index (χ3v) is 2.62. The fourth-order valence-corrected chi connectivity index (χ4v) is 1.68. The van der Waals surface area contributed by atoms with Crippen molar-refractivity contribution in [2.75, 3.05) is 0 Å². The predicted molar refractivity (Wildman–Crippen MR) is 88.7 cm³/mol. The number of hydrogen-bond donors (Lipinski definition) is 2. The number of aliphatic carboxylic acids is 1. The van der Waals surface area contributed by atoms with Gasteiger partial charge >= 0.3 is 12.1 Å². The Balaban J connectivity index is 2.80. The Hall–Kier alpha value is -2.42. The van der Waals surface area contributed by atoms with Crippen molar-refractivity contribution in [2.45, 2.75) is 45.3 Å².